The molecule has 0 spiro atoms. The van der Waals surface area contributed by atoms with Crippen LogP contribution in [0.4, 0.5) is 16.2 Å². The number of hydrogen-bond acceptors (Lipinski definition) is 3. The highest BCUT2D eigenvalue weighted by Crippen LogP contribution is 2.28. The van der Waals surface area contributed by atoms with Crippen LogP contribution in [0.15, 0.2) is 54.6 Å². The van der Waals surface area contributed by atoms with E-state index in [1.807, 2.05) is 37.3 Å². The minimum atomic E-state index is -0.737. The van der Waals surface area contributed by atoms with Gasteiger partial charge in [0, 0.05) is 13.0 Å². The van der Waals surface area contributed by atoms with Crippen molar-refractivity contribution in [2.75, 3.05) is 23.3 Å². The molecule has 0 radical (unpaired) electrons. The van der Waals surface area contributed by atoms with Gasteiger partial charge >= 0.3 is 6.03 Å². The van der Waals surface area contributed by atoms with Crippen LogP contribution in [0.25, 0.3) is 0 Å². The molecule has 3 rings (SSSR count). The van der Waals surface area contributed by atoms with E-state index in [9.17, 15) is 14.4 Å². The molecule has 7 nitrogen and oxygen atoms in total. The van der Waals surface area contributed by atoms with Crippen molar-refractivity contribution in [3.8, 4) is 0 Å². The minimum Gasteiger partial charge on any atom is -0.354 e. The van der Waals surface area contributed by atoms with Crippen molar-refractivity contribution in [3.63, 3.8) is 0 Å². The Balaban J connectivity index is 1.78. The van der Waals surface area contributed by atoms with Gasteiger partial charge in [-0.05, 0) is 24.1 Å². The van der Waals surface area contributed by atoms with Crippen molar-refractivity contribution < 1.29 is 14.4 Å². The van der Waals surface area contributed by atoms with Gasteiger partial charge in [0.15, 0.2) is 0 Å². The molecule has 1 aliphatic rings. The zero-order valence-electron chi connectivity index (χ0n) is 15.8. The second kappa shape index (κ2) is 9.03. The molecule has 4 amide bonds. The van der Waals surface area contributed by atoms with Gasteiger partial charge < -0.3 is 16.0 Å². The predicted octanol–water partition coefficient (Wildman–Crippen LogP) is 2.29. The maximum atomic E-state index is 12.9. The highest BCUT2D eigenvalue weighted by molar-refractivity contribution is 6.10. The summed E-state index contributed by atoms with van der Waals surface area (Å²) in [5.41, 5.74) is 2.12. The molecule has 0 fully saturated rings. The summed E-state index contributed by atoms with van der Waals surface area (Å²) in [6.45, 7) is 2.40. The molecule has 2 aromatic rings. The molecule has 0 aliphatic carbocycles. The van der Waals surface area contributed by atoms with Gasteiger partial charge in [-0.2, -0.15) is 0 Å². The lowest BCUT2D eigenvalue weighted by atomic mass is 10.1. The normalized spacial score (nSPS) is 13.9. The van der Waals surface area contributed by atoms with Gasteiger partial charge in [-0.15, -0.1) is 0 Å². The number of amides is 4. The Morgan fingerprint density at radius 3 is 2.57 bits per heavy atom. The molecule has 0 saturated carbocycles. The van der Waals surface area contributed by atoms with Crippen molar-refractivity contribution in [3.05, 3.63) is 60.2 Å². The molecule has 1 aliphatic heterocycles. The van der Waals surface area contributed by atoms with Crippen LogP contribution in [0.2, 0.25) is 0 Å². The smallest absolute Gasteiger partial charge is 0.323 e. The van der Waals surface area contributed by atoms with E-state index in [-0.39, 0.29) is 18.4 Å². The lowest BCUT2D eigenvalue weighted by Crippen LogP contribution is -2.54. The van der Waals surface area contributed by atoms with E-state index in [1.165, 1.54) is 4.90 Å². The number of nitrogens with one attached hydrogen (secondary N) is 3. The molecule has 0 saturated heterocycles. The fourth-order valence-electron chi connectivity index (χ4n) is 3.07. The average Bonchev–Trinajstić information content (AvgIpc) is 2.71. The summed E-state index contributed by atoms with van der Waals surface area (Å²) in [5, 5.41) is 8.39. The molecule has 0 unspecified atom stereocenters. The molecule has 28 heavy (non-hydrogen) atoms. The maximum absolute atomic E-state index is 12.9. The molecule has 1 heterocycles. The third-order valence-electron chi connectivity index (χ3n) is 4.46. The minimum absolute atomic E-state index is 0.0997. The van der Waals surface area contributed by atoms with Crippen molar-refractivity contribution in [2.45, 2.75) is 25.8 Å². The zero-order chi connectivity index (χ0) is 19.9. The summed E-state index contributed by atoms with van der Waals surface area (Å²) < 4.78 is 0. The number of benzene rings is 2. The largest absolute Gasteiger partial charge is 0.354 e. The maximum Gasteiger partial charge on any atom is 0.323 e. The first-order chi connectivity index (χ1) is 13.6. The fraction of sp³-hybridized carbons (Fsp3) is 0.286. The van der Waals surface area contributed by atoms with E-state index in [0.29, 0.717) is 24.3 Å². The van der Waals surface area contributed by atoms with Crippen LogP contribution in [0, 0.1) is 0 Å². The molecule has 146 valence electrons. The van der Waals surface area contributed by atoms with Gasteiger partial charge in [0.05, 0.1) is 11.4 Å². The van der Waals surface area contributed by atoms with Crippen molar-refractivity contribution >= 4 is 29.2 Å². The molecular weight excluding hydrogens is 356 g/mol. The Labute approximate surface area is 164 Å². The van der Waals surface area contributed by atoms with Crippen molar-refractivity contribution in [2.24, 2.45) is 0 Å². The van der Waals surface area contributed by atoms with Crippen LogP contribution in [-0.4, -0.2) is 37.0 Å². The predicted molar refractivity (Wildman–Crippen MR) is 108 cm³/mol. The summed E-state index contributed by atoms with van der Waals surface area (Å²) in [7, 11) is 0. The Hall–Kier alpha value is -3.35. The van der Waals surface area contributed by atoms with Crippen LogP contribution >= 0.6 is 0 Å². The van der Waals surface area contributed by atoms with Gasteiger partial charge in [0.1, 0.15) is 12.6 Å². The number of fused-ring (bicyclic) bond motifs is 1. The van der Waals surface area contributed by atoms with E-state index < -0.39 is 12.1 Å². The first-order valence-corrected chi connectivity index (χ1v) is 9.37. The lowest BCUT2D eigenvalue weighted by molar-refractivity contribution is -0.122. The summed E-state index contributed by atoms with van der Waals surface area (Å²) in [5.74, 6) is -0.516. The Morgan fingerprint density at radius 2 is 1.82 bits per heavy atom. The fourth-order valence-corrected chi connectivity index (χ4v) is 3.07. The first kappa shape index (κ1) is 19.4. The third-order valence-corrected chi connectivity index (χ3v) is 4.46. The first-order valence-electron chi connectivity index (χ1n) is 9.37. The van der Waals surface area contributed by atoms with Gasteiger partial charge in [-0.1, -0.05) is 49.4 Å². The number of anilines is 2. The summed E-state index contributed by atoms with van der Waals surface area (Å²) in [6, 6.07) is 15.4. The molecule has 0 bridgehead atoms. The number of rotatable bonds is 6. The molecule has 1 atom stereocenters. The third kappa shape index (κ3) is 4.68. The van der Waals surface area contributed by atoms with Crippen LogP contribution in [0.3, 0.4) is 0 Å². The SMILES string of the molecule is CCCNC(=O)[C@@H](Cc1ccccc1)NC(=O)N1CC(=O)Nc2ccccc21. The molecule has 3 N–H and O–H groups in total. The quantitative estimate of drug-likeness (QED) is 0.718. The molecule has 7 heteroatoms. The van der Waals surface area contributed by atoms with Crippen molar-refractivity contribution in [1.29, 1.82) is 0 Å². The van der Waals surface area contributed by atoms with E-state index in [1.54, 1.807) is 24.3 Å². The number of nitrogens with zero attached hydrogens (tertiary/aromatic N) is 1. The van der Waals surface area contributed by atoms with Crippen molar-refractivity contribution in [1.82, 2.24) is 10.6 Å². The van der Waals surface area contributed by atoms with Gasteiger partial charge in [0.2, 0.25) is 11.8 Å². The standard InChI is InChI=1S/C21H24N4O3/c1-2-12-22-20(27)17(13-15-8-4-3-5-9-15)24-21(28)25-14-19(26)23-16-10-6-7-11-18(16)25/h3-11,17H,2,12-14H2,1H3,(H,22,27)(H,23,26)(H,24,28)/t17-/m1/s1. The molecule has 0 aromatic heterocycles. The van der Waals surface area contributed by atoms with Crippen LogP contribution in [-0.2, 0) is 16.0 Å². The molecular formula is C21H24N4O3. The number of carbonyl (C=O) groups excluding carboxylic acids is 3. The monoisotopic (exact) mass is 380 g/mol. The summed E-state index contributed by atoms with van der Waals surface area (Å²) in [4.78, 5) is 38.9. The summed E-state index contributed by atoms with van der Waals surface area (Å²) >= 11 is 0. The van der Waals surface area contributed by atoms with E-state index in [0.717, 1.165) is 12.0 Å². The highest BCUT2D eigenvalue weighted by Gasteiger charge is 2.29. The Morgan fingerprint density at radius 1 is 1.11 bits per heavy atom. The number of carbonyl (C=O) groups is 3. The van der Waals surface area contributed by atoms with Gasteiger partial charge in [-0.25, -0.2) is 4.79 Å². The number of hydrogen-bond donors (Lipinski definition) is 3. The van der Waals surface area contributed by atoms with Crippen LogP contribution in [0.1, 0.15) is 18.9 Å². The number of urea groups is 1. The zero-order valence-corrected chi connectivity index (χ0v) is 15.8. The van der Waals surface area contributed by atoms with Crippen LogP contribution < -0.4 is 20.9 Å². The van der Waals surface area contributed by atoms with E-state index in [4.69, 9.17) is 0 Å². The Kier molecular flexibility index (Phi) is 6.26. The second-order valence-electron chi connectivity index (χ2n) is 6.63. The topological polar surface area (TPSA) is 90.5 Å². The Bertz CT molecular complexity index is 854. The summed E-state index contributed by atoms with van der Waals surface area (Å²) in [6.07, 6.45) is 1.17. The van der Waals surface area contributed by atoms with Crippen LogP contribution in [0.5, 0.6) is 0 Å². The van der Waals surface area contributed by atoms with Gasteiger partial charge in [0.25, 0.3) is 0 Å². The molecule has 2 aromatic carbocycles. The van der Waals surface area contributed by atoms with E-state index >= 15 is 0 Å². The lowest BCUT2D eigenvalue weighted by Gasteiger charge is -2.30. The van der Waals surface area contributed by atoms with Gasteiger partial charge in [-0.3, -0.25) is 14.5 Å². The number of para-hydroxylation sites is 2. The van der Waals surface area contributed by atoms with E-state index in [2.05, 4.69) is 16.0 Å². The second-order valence-corrected chi connectivity index (χ2v) is 6.63. The average molecular weight is 380 g/mol. The highest BCUT2D eigenvalue weighted by atomic mass is 16.2.